The van der Waals surface area contributed by atoms with Gasteiger partial charge in [0.05, 0.1) is 5.97 Å². The highest BCUT2D eigenvalue weighted by atomic mass is 16.4. The predicted molar refractivity (Wildman–Crippen MR) is 89.0 cm³/mol. The maximum atomic E-state index is 12.7. The number of carbonyl (C=O) groups is 3. The zero-order valence-electron chi connectivity index (χ0n) is 13.6. The highest BCUT2D eigenvalue weighted by Crippen LogP contribution is 2.25. The Morgan fingerprint density at radius 2 is 1.52 bits per heavy atom. The summed E-state index contributed by atoms with van der Waals surface area (Å²) in [7, 11) is 0. The number of benzene rings is 2. The lowest BCUT2D eigenvalue weighted by Gasteiger charge is -2.39. The minimum absolute atomic E-state index is 0.0200. The van der Waals surface area contributed by atoms with Crippen LogP contribution in [-0.2, 0) is 27.3 Å². The summed E-state index contributed by atoms with van der Waals surface area (Å²) in [5, 5.41) is 11.3. The number of piperidine rings is 1. The van der Waals surface area contributed by atoms with Gasteiger partial charge in [0.1, 0.15) is 5.92 Å². The van der Waals surface area contributed by atoms with Gasteiger partial charge < -0.3 is 14.8 Å². The molecule has 0 saturated carbocycles. The second-order valence-corrected chi connectivity index (χ2v) is 6.22. The van der Waals surface area contributed by atoms with E-state index in [4.69, 9.17) is 0 Å². The van der Waals surface area contributed by atoms with Crippen LogP contribution in [-0.4, -0.2) is 28.6 Å². The van der Waals surface area contributed by atoms with Crippen LogP contribution in [0.4, 0.5) is 0 Å². The van der Waals surface area contributed by atoms with E-state index in [1.165, 1.54) is 4.90 Å². The molecule has 1 aliphatic rings. The Balaban J connectivity index is 1.89. The minimum atomic E-state index is -1.70. The Labute approximate surface area is 145 Å². The van der Waals surface area contributed by atoms with Crippen LogP contribution in [0, 0.1) is 5.92 Å². The lowest BCUT2D eigenvalue weighted by atomic mass is 9.87. The summed E-state index contributed by atoms with van der Waals surface area (Å²) in [6.07, 6.45) is 0.525. The minimum Gasteiger partial charge on any atom is -0.549 e. The summed E-state index contributed by atoms with van der Waals surface area (Å²) in [4.78, 5) is 37.6. The molecule has 0 bridgehead atoms. The molecule has 1 aliphatic heterocycles. The van der Waals surface area contributed by atoms with Crippen molar-refractivity contribution in [1.29, 1.82) is 0 Å². The van der Waals surface area contributed by atoms with Gasteiger partial charge in [-0.3, -0.25) is 9.59 Å². The quantitative estimate of drug-likeness (QED) is 0.762. The highest BCUT2D eigenvalue weighted by molar-refractivity contribution is 6.17. The van der Waals surface area contributed by atoms with Crippen molar-refractivity contribution in [1.82, 2.24) is 4.90 Å². The van der Waals surface area contributed by atoms with E-state index < -0.39 is 23.6 Å². The molecular formula is C20H18NO4-. The van der Waals surface area contributed by atoms with Crippen molar-refractivity contribution in [2.24, 2.45) is 5.92 Å². The van der Waals surface area contributed by atoms with Crippen LogP contribution in [0.1, 0.15) is 17.5 Å². The van der Waals surface area contributed by atoms with Crippen molar-refractivity contribution in [3.63, 3.8) is 0 Å². The number of rotatable bonds is 5. The van der Waals surface area contributed by atoms with Crippen LogP contribution in [0.25, 0.3) is 0 Å². The van der Waals surface area contributed by atoms with Crippen molar-refractivity contribution in [2.45, 2.75) is 25.4 Å². The number of hydrogen-bond donors (Lipinski definition) is 0. The monoisotopic (exact) mass is 336 g/mol. The number of hydrogen-bond acceptors (Lipinski definition) is 4. The van der Waals surface area contributed by atoms with Gasteiger partial charge in [-0.25, -0.2) is 0 Å². The largest absolute Gasteiger partial charge is 0.549 e. The van der Waals surface area contributed by atoms with Gasteiger partial charge in [0.15, 0.2) is 5.78 Å². The topological polar surface area (TPSA) is 77.5 Å². The molecule has 0 aliphatic carbocycles. The van der Waals surface area contributed by atoms with Crippen LogP contribution >= 0.6 is 0 Å². The van der Waals surface area contributed by atoms with Gasteiger partial charge in [-0.15, -0.1) is 0 Å². The molecule has 5 nitrogen and oxygen atoms in total. The molecule has 0 spiro atoms. The van der Waals surface area contributed by atoms with Crippen molar-refractivity contribution in [3.8, 4) is 0 Å². The third-order valence-corrected chi connectivity index (χ3v) is 4.48. The fourth-order valence-corrected chi connectivity index (χ4v) is 3.23. The summed E-state index contributed by atoms with van der Waals surface area (Å²) in [5.74, 6) is -4.57. The van der Waals surface area contributed by atoms with E-state index >= 15 is 0 Å². The molecule has 0 aromatic heterocycles. The molecule has 1 heterocycles. The van der Waals surface area contributed by atoms with E-state index in [1.54, 1.807) is 0 Å². The normalized spacial score (nSPS) is 20.6. The fourth-order valence-electron chi connectivity index (χ4n) is 3.23. The van der Waals surface area contributed by atoms with E-state index in [9.17, 15) is 19.5 Å². The average Bonchev–Trinajstić information content (AvgIpc) is 2.60. The number of ketones is 1. The number of carboxylic acids is 1. The number of amides is 1. The average molecular weight is 336 g/mol. The molecule has 0 radical (unpaired) electrons. The Morgan fingerprint density at radius 3 is 2.08 bits per heavy atom. The van der Waals surface area contributed by atoms with Gasteiger partial charge in [0.25, 0.3) is 0 Å². The van der Waals surface area contributed by atoms with E-state index in [0.717, 1.165) is 11.1 Å². The van der Waals surface area contributed by atoms with Gasteiger partial charge in [0.2, 0.25) is 5.91 Å². The van der Waals surface area contributed by atoms with Gasteiger partial charge in [-0.2, -0.15) is 0 Å². The molecule has 0 N–H and O–H groups in total. The standard InChI is InChI=1S/C20H19NO4/c22-17-12-16(11-14-7-3-1-4-8-14)21(19(23)18(17)20(24)25)13-15-9-5-2-6-10-15/h1-10,16,18H,11-13H2,(H,24,25)/p-1. The summed E-state index contributed by atoms with van der Waals surface area (Å²) >= 11 is 0. The lowest BCUT2D eigenvalue weighted by Crippen LogP contribution is -2.57. The molecule has 2 unspecified atom stereocenters. The number of Topliss-reactive ketones (excluding diaryl/α,β-unsaturated/α-hetero) is 1. The van der Waals surface area contributed by atoms with Gasteiger partial charge in [-0.05, 0) is 17.5 Å². The van der Waals surface area contributed by atoms with Gasteiger partial charge in [0, 0.05) is 19.0 Å². The highest BCUT2D eigenvalue weighted by Gasteiger charge is 2.41. The predicted octanol–water partition coefficient (Wildman–Crippen LogP) is 0.965. The van der Waals surface area contributed by atoms with Crippen molar-refractivity contribution >= 4 is 17.7 Å². The van der Waals surface area contributed by atoms with Gasteiger partial charge >= 0.3 is 0 Å². The van der Waals surface area contributed by atoms with Crippen LogP contribution in [0.15, 0.2) is 60.7 Å². The number of aliphatic carboxylic acids is 1. The first kappa shape index (κ1) is 16.9. The summed E-state index contributed by atoms with van der Waals surface area (Å²) in [6.45, 7) is 0.272. The van der Waals surface area contributed by atoms with Crippen molar-refractivity contribution in [3.05, 3.63) is 71.8 Å². The molecule has 5 heteroatoms. The molecule has 128 valence electrons. The number of carbonyl (C=O) groups excluding carboxylic acids is 3. The third-order valence-electron chi connectivity index (χ3n) is 4.48. The first-order chi connectivity index (χ1) is 12.1. The smallest absolute Gasteiger partial charge is 0.239 e. The summed E-state index contributed by atoms with van der Waals surface area (Å²) in [6, 6.07) is 18.5. The van der Waals surface area contributed by atoms with Crippen molar-refractivity contribution in [2.75, 3.05) is 0 Å². The Morgan fingerprint density at radius 1 is 0.960 bits per heavy atom. The SMILES string of the molecule is O=C([O-])C1C(=O)CC(Cc2ccccc2)N(Cc2ccccc2)C1=O. The number of likely N-dealkylation sites (tertiary alicyclic amines) is 1. The second-order valence-electron chi connectivity index (χ2n) is 6.22. The first-order valence-electron chi connectivity index (χ1n) is 8.18. The first-order valence-corrected chi connectivity index (χ1v) is 8.18. The third kappa shape index (κ3) is 3.76. The summed E-state index contributed by atoms with van der Waals surface area (Å²) < 4.78 is 0. The van der Waals surface area contributed by atoms with E-state index in [1.807, 2.05) is 60.7 Å². The van der Waals surface area contributed by atoms with Crippen LogP contribution in [0.3, 0.4) is 0 Å². The second kappa shape index (κ2) is 7.30. The molecule has 25 heavy (non-hydrogen) atoms. The molecular weight excluding hydrogens is 318 g/mol. The number of carboxylic acid groups (broad SMARTS) is 1. The number of nitrogens with zero attached hydrogens (tertiary/aromatic N) is 1. The molecule has 1 saturated heterocycles. The zero-order valence-corrected chi connectivity index (χ0v) is 13.6. The Hall–Kier alpha value is -2.95. The molecule has 1 fully saturated rings. The fraction of sp³-hybridized carbons (Fsp3) is 0.250. The molecule has 2 atom stereocenters. The zero-order chi connectivity index (χ0) is 17.8. The Bertz CT molecular complexity index is 773. The van der Waals surface area contributed by atoms with Crippen molar-refractivity contribution < 1.29 is 19.5 Å². The van der Waals surface area contributed by atoms with E-state index in [-0.39, 0.29) is 19.0 Å². The van der Waals surface area contributed by atoms with E-state index in [0.29, 0.717) is 6.42 Å². The summed E-state index contributed by atoms with van der Waals surface area (Å²) in [5.41, 5.74) is 1.89. The molecule has 2 aromatic carbocycles. The lowest BCUT2D eigenvalue weighted by molar-refractivity contribution is -0.309. The maximum absolute atomic E-state index is 12.7. The molecule has 3 rings (SSSR count). The maximum Gasteiger partial charge on any atom is 0.239 e. The van der Waals surface area contributed by atoms with Crippen LogP contribution in [0.2, 0.25) is 0 Å². The van der Waals surface area contributed by atoms with Crippen LogP contribution < -0.4 is 5.11 Å². The van der Waals surface area contributed by atoms with Crippen LogP contribution in [0.5, 0.6) is 0 Å². The van der Waals surface area contributed by atoms with E-state index in [2.05, 4.69) is 0 Å². The molecule has 1 amide bonds. The molecule has 2 aromatic rings. The van der Waals surface area contributed by atoms with Gasteiger partial charge in [-0.1, -0.05) is 60.7 Å². The Kier molecular flexibility index (Phi) is 4.93.